The fourth-order valence-corrected chi connectivity index (χ4v) is 2.50. The summed E-state index contributed by atoms with van der Waals surface area (Å²) in [7, 11) is 0. The fourth-order valence-electron chi connectivity index (χ4n) is 2.06. The number of ketones is 1. The Kier molecular flexibility index (Phi) is 5.41. The molecule has 1 N–H and O–H groups in total. The van der Waals surface area contributed by atoms with E-state index < -0.39 is 50.9 Å². The summed E-state index contributed by atoms with van der Waals surface area (Å²) in [6.07, 6.45) is -2.71. The third-order valence-corrected chi connectivity index (χ3v) is 4.23. The second-order valence-corrected chi connectivity index (χ2v) is 6.59. The van der Waals surface area contributed by atoms with Crippen LogP contribution in [0, 0.1) is 36.0 Å². The molecule has 0 bridgehead atoms. The molecule has 0 spiro atoms. The van der Waals surface area contributed by atoms with Gasteiger partial charge in [-0.3, -0.25) is 4.79 Å². The van der Waals surface area contributed by atoms with Crippen molar-refractivity contribution in [2.45, 2.75) is 17.4 Å². The molecular weight excluding hydrogens is 390 g/mol. The number of alkyl halides is 2. The molecule has 0 heterocycles. The van der Waals surface area contributed by atoms with Crippen LogP contribution in [0.2, 0.25) is 0 Å². The smallest absolute Gasteiger partial charge is 0.210 e. The average Bonchev–Trinajstić information content (AvgIpc) is 2.58. The third-order valence-electron chi connectivity index (χ3n) is 3.48. The predicted octanol–water partition coefficient (Wildman–Crippen LogP) is 4.78. The lowest BCUT2D eigenvalue weighted by Crippen LogP contribution is -2.35. The van der Waals surface area contributed by atoms with Gasteiger partial charge in [0.15, 0.2) is 23.3 Å². The van der Waals surface area contributed by atoms with E-state index >= 15 is 0 Å². The van der Waals surface area contributed by atoms with Gasteiger partial charge in [0.25, 0.3) is 0 Å². The minimum atomic E-state index is -2.90. The molecule has 0 fully saturated rings. The first-order valence-electron chi connectivity index (χ1n) is 6.68. The summed E-state index contributed by atoms with van der Waals surface area (Å²) in [6.45, 7) is 1.71. The van der Waals surface area contributed by atoms with E-state index in [9.17, 15) is 31.9 Å². The molecule has 1 atom stereocenters. The molecule has 134 valence electrons. The Balaban J connectivity index is 2.54. The summed E-state index contributed by atoms with van der Waals surface area (Å²) in [6, 6.07) is 5.56. The average molecular weight is 399 g/mol. The van der Waals surface area contributed by atoms with E-state index in [2.05, 4.69) is 0 Å². The molecule has 2 rings (SSSR count). The van der Waals surface area contributed by atoms with Gasteiger partial charge in [0.05, 0.1) is 5.56 Å². The number of rotatable bonds is 4. The number of Topliss-reactive ketones (excluding diaryl/α,β-unsaturated/α-hetero) is 1. The summed E-state index contributed by atoms with van der Waals surface area (Å²) in [4.78, 5) is 12.3. The first-order chi connectivity index (χ1) is 11.5. The maximum Gasteiger partial charge on any atom is 0.210 e. The van der Waals surface area contributed by atoms with Crippen molar-refractivity contribution >= 4 is 29.0 Å². The van der Waals surface area contributed by atoms with Crippen LogP contribution in [0.4, 0.5) is 22.0 Å². The van der Waals surface area contributed by atoms with Crippen LogP contribution in [0.3, 0.4) is 0 Å². The van der Waals surface area contributed by atoms with Crippen LogP contribution < -0.4 is 0 Å². The molecular formula is C16H9Cl2F5O2. The molecule has 2 nitrogen and oxygen atoms in total. The molecule has 2 aromatic rings. The van der Waals surface area contributed by atoms with Crippen molar-refractivity contribution in [3.8, 4) is 0 Å². The molecule has 2 aromatic carbocycles. The second-order valence-electron chi connectivity index (χ2n) is 5.20. The molecule has 0 radical (unpaired) electrons. The quantitative estimate of drug-likeness (QED) is 0.264. The van der Waals surface area contributed by atoms with Crippen LogP contribution in [0.25, 0.3) is 0 Å². The van der Waals surface area contributed by atoms with E-state index in [0.29, 0.717) is 0 Å². The van der Waals surface area contributed by atoms with E-state index in [-0.39, 0.29) is 5.56 Å². The highest BCUT2D eigenvalue weighted by Gasteiger charge is 2.46. The van der Waals surface area contributed by atoms with Crippen molar-refractivity contribution in [3.05, 3.63) is 70.0 Å². The van der Waals surface area contributed by atoms with Gasteiger partial charge in [-0.15, -0.1) is 0 Å². The number of aliphatic hydroxyl groups excluding tert-OH is 1. The van der Waals surface area contributed by atoms with Crippen LogP contribution in [-0.2, 0) is 0 Å². The van der Waals surface area contributed by atoms with Crippen LogP contribution in [0.1, 0.15) is 27.6 Å². The number of hydrogen-bond acceptors (Lipinski definition) is 2. The minimum absolute atomic E-state index is 0.126. The number of benzene rings is 2. The van der Waals surface area contributed by atoms with Gasteiger partial charge in [-0.2, -0.15) is 0 Å². The van der Waals surface area contributed by atoms with Crippen molar-refractivity contribution in [2.24, 2.45) is 0 Å². The number of aliphatic hydroxyl groups is 1. The monoisotopic (exact) mass is 398 g/mol. The Hall–Kier alpha value is -1.70. The number of halogens is 7. The van der Waals surface area contributed by atoms with Gasteiger partial charge in [0.2, 0.25) is 15.9 Å². The maximum absolute atomic E-state index is 13.8. The number of carbonyl (C=O) groups excluding carboxylic acids is 1. The van der Waals surface area contributed by atoms with Crippen LogP contribution in [0.5, 0.6) is 0 Å². The molecule has 0 aliphatic rings. The summed E-state index contributed by atoms with van der Waals surface area (Å²) in [5.74, 6) is -12.8. The fraction of sp³-hybridized carbons (Fsp3) is 0.188. The third kappa shape index (κ3) is 3.36. The van der Waals surface area contributed by atoms with Gasteiger partial charge in [0.1, 0.15) is 6.10 Å². The van der Waals surface area contributed by atoms with Crippen molar-refractivity contribution in [3.63, 3.8) is 0 Å². The zero-order valence-electron chi connectivity index (χ0n) is 12.4. The van der Waals surface area contributed by atoms with Gasteiger partial charge in [-0.1, -0.05) is 53.0 Å². The summed E-state index contributed by atoms with van der Waals surface area (Å²) in [5.41, 5.74) is -1.05. The lowest BCUT2D eigenvalue weighted by Gasteiger charge is -2.25. The molecule has 0 aliphatic carbocycles. The minimum Gasteiger partial charge on any atom is -0.385 e. The molecule has 0 saturated heterocycles. The predicted molar refractivity (Wildman–Crippen MR) is 81.1 cm³/mol. The van der Waals surface area contributed by atoms with E-state index in [1.54, 1.807) is 6.92 Å². The largest absolute Gasteiger partial charge is 0.385 e. The van der Waals surface area contributed by atoms with E-state index in [4.69, 9.17) is 23.2 Å². The SMILES string of the molecule is Cc1ccc(C(=O)C(Cl)(Cl)[C@@H](O)c2c(F)c(F)c(F)c(F)c2F)cc1. The van der Waals surface area contributed by atoms with Gasteiger partial charge in [0, 0.05) is 5.56 Å². The Bertz CT molecular complexity index is 808. The summed E-state index contributed by atoms with van der Waals surface area (Å²) < 4.78 is 64.3. The maximum atomic E-state index is 13.8. The Morgan fingerprint density at radius 1 is 0.920 bits per heavy atom. The van der Waals surface area contributed by atoms with E-state index in [1.807, 2.05) is 0 Å². The first kappa shape index (κ1) is 19.6. The van der Waals surface area contributed by atoms with E-state index in [0.717, 1.165) is 5.56 Å². The molecule has 25 heavy (non-hydrogen) atoms. The number of hydrogen-bond donors (Lipinski definition) is 1. The van der Waals surface area contributed by atoms with Crippen molar-refractivity contribution in [2.75, 3.05) is 0 Å². The molecule has 0 aromatic heterocycles. The highest BCUT2D eigenvalue weighted by molar-refractivity contribution is 6.60. The molecule has 9 heteroatoms. The van der Waals surface area contributed by atoms with Gasteiger partial charge < -0.3 is 5.11 Å². The van der Waals surface area contributed by atoms with Gasteiger partial charge in [-0.25, -0.2) is 22.0 Å². The lowest BCUT2D eigenvalue weighted by molar-refractivity contribution is 0.0834. The number of carbonyl (C=O) groups is 1. The van der Waals surface area contributed by atoms with Gasteiger partial charge >= 0.3 is 0 Å². The second kappa shape index (κ2) is 6.90. The summed E-state index contributed by atoms with van der Waals surface area (Å²) >= 11 is 11.5. The first-order valence-corrected chi connectivity index (χ1v) is 7.44. The topological polar surface area (TPSA) is 37.3 Å². The highest BCUT2D eigenvalue weighted by atomic mass is 35.5. The highest BCUT2D eigenvalue weighted by Crippen LogP contribution is 2.42. The van der Waals surface area contributed by atoms with Crippen LogP contribution in [0.15, 0.2) is 24.3 Å². The van der Waals surface area contributed by atoms with Crippen molar-refractivity contribution < 1.29 is 31.9 Å². The zero-order chi connectivity index (χ0) is 19.1. The molecule has 0 aliphatic heterocycles. The van der Waals surface area contributed by atoms with Crippen molar-refractivity contribution in [1.29, 1.82) is 0 Å². The zero-order valence-corrected chi connectivity index (χ0v) is 13.9. The standard InChI is InChI=1S/C16H9Cl2F5O2/c1-6-2-4-7(5-3-6)14(24)16(17,18)15(25)8-9(19)11(21)13(23)12(22)10(8)20/h2-5,15,25H,1H3/t15-/m0/s1. The summed E-state index contributed by atoms with van der Waals surface area (Å²) in [5, 5.41) is 10.0. The van der Waals surface area contributed by atoms with Crippen molar-refractivity contribution in [1.82, 2.24) is 0 Å². The molecule has 0 unspecified atom stereocenters. The Morgan fingerprint density at radius 3 is 1.76 bits per heavy atom. The molecule has 0 amide bonds. The molecule has 0 saturated carbocycles. The van der Waals surface area contributed by atoms with Crippen LogP contribution >= 0.6 is 23.2 Å². The Labute approximate surface area is 148 Å². The van der Waals surface area contributed by atoms with Gasteiger partial charge in [-0.05, 0) is 6.92 Å². The Morgan fingerprint density at radius 2 is 1.32 bits per heavy atom. The van der Waals surface area contributed by atoms with Crippen LogP contribution in [-0.4, -0.2) is 15.2 Å². The van der Waals surface area contributed by atoms with E-state index in [1.165, 1.54) is 24.3 Å². The number of aryl methyl sites for hydroxylation is 1. The lowest BCUT2D eigenvalue weighted by atomic mass is 9.97. The normalized spacial score (nSPS) is 13.0.